The smallest absolute Gasteiger partial charge is 0.311 e. The third kappa shape index (κ3) is 6.83. The summed E-state index contributed by atoms with van der Waals surface area (Å²) in [7, 11) is -4.17. The van der Waals surface area contributed by atoms with E-state index in [1.54, 1.807) is 12.4 Å². The molecule has 0 saturated carbocycles. The van der Waals surface area contributed by atoms with E-state index in [0.29, 0.717) is 0 Å². The van der Waals surface area contributed by atoms with Crippen LogP contribution in [0.4, 0.5) is 0 Å². The molecule has 6 nitrogen and oxygen atoms in total. The molecule has 0 aliphatic rings. The number of imidazole rings is 1. The van der Waals surface area contributed by atoms with Crippen molar-refractivity contribution >= 4 is 16.6 Å². The van der Waals surface area contributed by atoms with Crippen molar-refractivity contribution < 1.29 is 17.2 Å². The van der Waals surface area contributed by atoms with Crippen molar-refractivity contribution in [1.29, 1.82) is 0 Å². The van der Waals surface area contributed by atoms with Gasteiger partial charge in [0.15, 0.2) is 0 Å². The third-order valence-electron chi connectivity index (χ3n) is 1.33. The quantitative estimate of drug-likeness (QED) is 0.792. The summed E-state index contributed by atoms with van der Waals surface area (Å²) in [6.07, 6.45) is 5.34. The number of hydrogen-bond acceptors (Lipinski definition) is 4. The Morgan fingerprint density at radius 1 is 1.73 bits per heavy atom. The minimum absolute atomic E-state index is 0.0289. The molecular weight excluding hydrogens is 220 g/mol. The second-order valence-electron chi connectivity index (χ2n) is 2.40. The maximum Gasteiger partial charge on any atom is 0.397 e. The molecule has 7 heteroatoms. The van der Waals surface area contributed by atoms with Gasteiger partial charge in [-0.25, -0.2) is 9.17 Å². The van der Waals surface area contributed by atoms with Crippen LogP contribution in [0, 0.1) is 6.92 Å². The van der Waals surface area contributed by atoms with Gasteiger partial charge in [0.2, 0.25) is 0 Å². The molecule has 0 radical (unpaired) electrons. The summed E-state index contributed by atoms with van der Waals surface area (Å²) in [4.78, 5) is 3.98. The molecule has 1 aromatic heterocycles. The van der Waals surface area contributed by atoms with Crippen LogP contribution in [0.15, 0.2) is 19.0 Å². The molecule has 86 valence electrons. The normalized spacial score (nSPS) is 10.3. The monoisotopic (exact) mass is 234 g/mol. The van der Waals surface area contributed by atoms with Gasteiger partial charge in [0.1, 0.15) is 5.82 Å². The second kappa shape index (κ2) is 6.33. The van der Waals surface area contributed by atoms with Crippen molar-refractivity contribution in [1.82, 2.24) is 9.55 Å². The molecule has 1 rings (SSSR count). The van der Waals surface area contributed by atoms with E-state index < -0.39 is 10.4 Å². The van der Waals surface area contributed by atoms with Crippen LogP contribution in [0.25, 0.3) is 6.20 Å². The van der Waals surface area contributed by atoms with Crippen LogP contribution in [0.5, 0.6) is 0 Å². The summed E-state index contributed by atoms with van der Waals surface area (Å²) in [6, 6.07) is 0. The first-order valence-electron chi connectivity index (χ1n) is 4.14. The first-order valence-corrected chi connectivity index (χ1v) is 5.51. The Morgan fingerprint density at radius 2 is 2.33 bits per heavy atom. The lowest BCUT2D eigenvalue weighted by molar-refractivity contribution is 0.283. The van der Waals surface area contributed by atoms with Crippen LogP contribution in [-0.2, 0) is 14.6 Å². The van der Waals surface area contributed by atoms with Crippen molar-refractivity contribution in [2.75, 3.05) is 6.61 Å². The average Bonchev–Trinajstić information content (AvgIpc) is 2.49. The molecular formula is C8H14N2O4S. The van der Waals surface area contributed by atoms with E-state index in [9.17, 15) is 8.42 Å². The zero-order valence-corrected chi connectivity index (χ0v) is 9.44. The fourth-order valence-corrected chi connectivity index (χ4v) is 1.03. The van der Waals surface area contributed by atoms with E-state index in [4.69, 9.17) is 4.55 Å². The average molecular weight is 234 g/mol. The summed E-state index contributed by atoms with van der Waals surface area (Å²) >= 11 is 0. The predicted octanol–water partition coefficient (Wildman–Crippen LogP) is 1.12. The van der Waals surface area contributed by atoms with Crippen molar-refractivity contribution in [3.8, 4) is 0 Å². The molecule has 0 amide bonds. The molecule has 1 aromatic rings. The highest BCUT2D eigenvalue weighted by Crippen LogP contribution is 1.92. The van der Waals surface area contributed by atoms with Crippen LogP contribution < -0.4 is 0 Å². The van der Waals surface area contributed by atoms with Crippen LogP contribution >= 0.6 is 0 Å². The molecule has 0 atom stereocenters. The van der Waals surface area contributed by atoms with Gasteiger partial charge in [-0.05, 0) is 13.8 Å². The Balaban J connectivity index is 0.000000265. The predicted molar refractivity (Wildman–Crippen MR) is 56.5 cm³/mol. The van der Waals surface area contributed by atoms with E-state index in [0.717, 1.165) is 5.82 Å². The Morgan fingerprint density at radius 3 is 2.47 bits per heavy atom. The van der Waals surface area contributed by atoms with Gasteiger partial charge in [0, 0.05) is 18.6 Å². The molecule has 15 heavy (non-hydrogen) atoms. The Labute approximate surface area is 89.2 Å². The van der Waals surface area contributed by atoms with Crippen LogP contribution in [0.1, 0.15) is 12.7 Å². The molecule has 0 bridgehead atoms. The standard InChI is InChI=1S/C6H8N2.C2H6O4S/c1-3-8-5-4-7-6(8)2;1-2-6-7(3,4)5/h3-5H,1H2,2H3;2H2,1H3,(H,3,4,5). The van der Waals surface area contributed by atoms with E-state index >= 15 is 0 Å². The second-order valence-corrected chi connectivity index (χ2v) is 3.49. The van der Waals surface area contributed by atoms with E-state index in [2.05, 4.69) is 15.7 Å². The van der Waals surface area contributed by atoms with Gasteiger partial charge < -0.3 is 4.57 Å². The zero-order valence-electron chi connectivity index (χ0n) is 8.62. The van der Waals surface area contributed by atoms with Crippen molar-refractivity contribution in [2.24, 2.45) is 0 Å². The first-order chi connectivity index (χ1) is 6.90. The number of aryl methyl sites for hydroxylation is 1. The van der Waals surface area contributed by atoms with Crippen LogP contribution in [-0.4, -0.2) is 29.1 Å². The maximum atomic E-state index is 9.56. The molecule has 0 aliphatic carbocycles. The Bertz CT molecular complexity index is 397. The molecule has 0 saturated heterocycles. The molecule has 0 spiro atoms. The Hall–Kier alpha value is -1.18. The minimum atomic E-state index is -4.17. The van der Waals surface area contributed by atoms with Gasteiger partial charge >= 0.3 is 10.4 Å². The number of hydrogen-bond donors (Lipinski definition) is 1. The summed E-state index contributed by atoms with van der Waals surface area (Å²) in [5, 5.41) is 0. The highest BCUT2D eigenvalue weighted by Gasteiger charge is 1.98. The van der Waals surface area contributed by atoms with Gasteiger partial charge in [-0.3, -0.25) is 4.55 Å². The van der Waals surface area contributed by atoms with Gasteiger partial charge in [0.25, 0.3) is 0 Å². The van der Waals surface area contributed by atoms with Gasteiger partial charge in [-0.15, -0.1) is 0 Å². The van der Waals surface area contributed by atoms with Crippen LogP contribution in [0.2, 0.25) is 0 Å². The number of nitrogens with zero attached hydrogens (tertiary/aromatic N) is 2. The van der Waals surface area contributed by atoms with E-state index in [1.807, 2.05) is 17.7 Å². The lowest BCUT2D eigenvalue weighted by Gasteiger charge is -1.90. The minimum Gasteiger partial charge on any atom is -0.311 e. The zero-order chi connectivity index (χ0) is 11.9. The lowest BCUT2D eigenvalue weighted by atomic mass is 10.7. The molecule has 0 fully saturated rings. The third-order valence-corrected chi connectivity index (χ3v) is 1.86. The molecule has 0 aromatic carbocycles. The SMILES string of the molecule is C=Cn1ccnc1C.CCOS(=O)(=O)O. The fourth-order valence-electron chi connectivity index (χ4n) is 0.729. The number of aromatic nitrogens is 2. The molecule has 1 heterocycles. The van der Waals surface area contributed by atoms with E-state index in [1.165, 1.54) is 6.92 Å². The van der Waals surface area contributed by atoms with Gasteiger partial charge in [0.05, 0.1) is 6.61 Å². The summed E-state index contributed by atoms with van der Waals surface area (Å²) in [6.45, 7) is 6.96. The summed E-state index contributed by atoms with van der Waals surface area (Å²) in [5.41, 5.74) is 0. The van der Waals surface area contributed by atoms with Crippen molar-refractivity contribution in [3.63, 3.8) is 0 Å². The number of rotatable bonds is 3. The summed E-state index contributed by atoms with van der Waals surface area (Å²) < 4.78 is 32.5. The lowest BCUT2D eigenvalue weighted by Crippen LogP contribution is -2.01. The Kier molecular flexibility index (Phi) is 5.83. The summed E-state index contributed by atoms with van der Waals surface area (Å²) in [5.74, 6) is 0.972. The molecule has 0 aliphatic heterocycles. The highest BCUT2D eigenvalue weighted by atomic mass is 32.3. The first kappa shape index (κ1) is 13.8. The topological polar surface area (TPSA) is 81.4 Å². The maximum absolute atomic E-state index is 9.56. The molecule has 1 N–H and O–H groups in total. The molecule has 0 unspecified atom stereocenters. The fraction of sp³-hybridized carbons (Fsp3) is 0.375. The van der Waals surface area contributed by atoms with Crippen molar-refractivity contribution in [3.05, 3.63) is 24.8 Å². The van der Waals surface area contributed by atoms with Crippen LogP contribution in [0.3, 0.4) is 0 Å². The largest absolute Gasteiger partial charge is 0.397 e. The van der Waals surface area contributed by atoms with E-state index in [-0.39, 0.29) is 6.61 Å². The van der Waals surface area contributed by atoms with Crippen molar-refractivity contribution in [2.45, 2.75) is 13.8 Å². The van der Waals surface area contributed by atoms with Gasteiger partial charge in [-0.1, -0.05) is 6.58 Å². The van der Waals surface area contributed by atoms with Gasteiger partial charge in [-0.2, -0.15) is 8.42 Å². The highest BCUT2D eigenvalue weighted by molar-refractivity contribution is 7.80.